The maximum absolute atomic E-state index is 5.34. The van der Waals surface area contributed by atoms with Gasteiger partial charge in [-0.3, -0.25) is 4.98 Å². The molecule has 0 aromatic carbocycles. The lowest BCUT2D eigenvalue weighted by atomic mass is 10.3. The molecule has 3 nitrogen and oxygen atoms in total. The number of nitrogens with zero attached hydrogens (tertiary/aromatic N) is 1. The van der Waals surface area contributed by atoms with Crippen molar-refractivity contribution >= 4 is 0 Å². The second kappa shape index (κ2) is 4.70. The maximum atomic E-state index is 5.34. The Kier molecular flexibility index (Phi) is 3.55. The van der Waals surface area contributed by atoms with Crippen molar-refractivity contribution in [1.82, 2.24) is 4.98 Å². The molecule has 0 amide bonds. The number of aryl methyl sites for hydroxylation is 1. The standard InChI is InChI=1S/C8H9NO2.C2H6/c1-6-4-7-8(5-9-6)11-3-2-10-7;1-2/h4-5H,2-3H2,1H3;1-2H3. The molecule has 2 rings (SSSR count). The van der Waals surface area contributed by atoms with Gasteiger partial charge in [-0.05, 0) is 6.92 Å². The minimum absolute atomic E-state index is 0.623. The van der Waals surface area contributed by atoms with Crippen molar-refractivity contribution in [3.8, 4) is 11.5 Å². The van der Waals surface area contributed by atoms with Crippen LogP contribution in [0.25, 0.3) is 0 Å². The SMILES string of the molecule is CC.Cc1cc2c(cn1)OCCO2. The molecule has 1 aromatic rings. The highest BCUT2D eigenvalue weighted by Gasteiger charge is 2.10. The van der Waals surface area contributed by atoms with E-state index in [4.69, 9.17) is 9.47 Å². The Balaban J connectivity index is 0.000000396. The third-order valence-corrected chi connectivity index (χ3v) is 1.57. The van der Waals surface area contributed by atoms with E-state index in [1.54, 1.807) is 6.20 Å². The van der Waals surface area contributed by atoms with Crippen molar-refractivity contribution in [2.45, 2.75) is 20.8 Å². The normalized spacial score (nSPS) is 12.8. The van der Waals surface area contributed by atoms with Gasteiger partial charge in [0.25, 0.3) is 0 Å². The second-order valence-corrected chi connectivity index (χ2v) is 2.47. The van der Waals surface area contributed by atoms with Crippen LogP contribution in [0.3, 0.4) is 0 Å². The van der Waals surface area contributed by atoms with Gasteiger partial charge in [-0.25, -0.2) is 0 Å². The van der Waals surface area contributed by atoms with Gasteiger partial charge in [-0.15, -0.1) is 0 Å². The summed E-state index contributed by atoms with van der Waals surface area (Å²) in [6.07, 6.45) is 1.70. The van der Waals surface area contributed by atoms with E-state index in [0.29, 0.717) is 13.2 Å². The zero-order valence-electron chi connectivity index (χ0n) is 8.33. The average Bonchev–Trinajstić information content (AvgIpc) is 2.21. The van der Waals surface area contributed by atoms with Gasteiger partial charge >= 0.3 is 0 Å². The van der Waals surface area contributed by atoms with Crippen molar-refractivity contribution < 1.29 is 9.47 Å². The highest BCUT2D eigenvalue weighted by Crippen LogP contribution is 2.28. The summed E-state index contributed by atoms with van der Waals surface area (Å²) in [5.74, 6) is 1.56. The Morgan fingerprint density at radius 1 is 1.15 bits per heavy atom. The highest BCUT2D eigenvalue weighted by molar-refractivity contribution is 5.39. The molecule has 0 atom stereocenters. The number of rotatable bonds is 0. The van der Waals surface area contributed by atoms with Crippen LogP contribution in [0.1, 0.15) is 19.5 Å². The van der Waals surface area contributed by atoms with E-state index in [-0.39, 0.29) is 0 Å². The van der Waals surface area contributed by atoms with Crippen LogP contribution in [0.2, 0.25) is 0 Å². The van der Waals surface area contributed by atoms with Crippen LogP contribution in [0.4, 0.5) is 0 Å². The van der Waals surface area contributed by atoms with Crippen molar-refractivity contribution in [3.63, 3.8) is 0 Å². The second-order valence-electron chi connectivity index (χ2n) is 2.47. The van der Waals surface area contributed by atoms with Crippen LogP contribution in [0, 0.1) is 6.92 Å². The molecule has 1 aromatic heterocycles. The van der Waals surface area contributed by atoms with Crippen LogP contribution in [-0.2, 0) is 0 Å². The van der Waals surface area contributed by atoms with Gasteiger partial charge in [-0.1, -0.05) is 13.8 Å². The topological polar surface area (TPSA) is 31.4 Å². The summed E-state index contributed by atoms with van der Waals surface area (Å²) >= 11 is 0. The van der Waals surface area contributed by atoms with Crippen LogP contribution in [-0.4, -0.2) is 18.2 Å². The third-order valence-electron chi connectivity index (χ3n) is 1.57. The minimum atomic E-state index is 0.623. The number of fused-ring (bicyclic) bond motifs is 1. The number of aromatic nitrogens is 1. The largest absolute Gasteiger partial charge is 0.486 e. The fourth-order valence-corrected chi connectivity index (χ4v) is 1.05. The summed E-state index contributed by atoms with van der Waals surface area (Å²) in [5, 5.41) is 0. The smallest absolute Gasteiger partial charge is 0.179 e. The molecule has 2 heterocycles. The summed E-state index contributed by atoms with van der Waals surface area (Å²) in [6, 6.07) is 1.88. The molecule has 0 unspecified atom stereocenters. The molecular formula is C10H15NO2. The molecule has 1 aliphatic rings. The monoisotopic (exact) mass is 181 g/mol. The molecule has 72 valence electrons. The Hall–Kier alpha value is -1.25. The molecule has 0 saturated heterocycles. The van der Waals surface area contributed by atoms with Gasteiger partial charge in [0, 0.05) is 11.8 Å². The minimum Gasteiger partial charge on any atom is -0.486 e. The molecule has 1 aliphatic heterocycles. The lowest BCUT2D eigenvalue weighted by Crippen LogP contribution is -2.15. The molecular weight excluding hydrogens is 166 g/mol. The van der Waals surface area contributed by atoms with Crippen LogP contribution in [0.5, 0.6) is 11.5 Å². The number of hydrogen-bond acceptors (Lipinski definition) is 3. The zero-order valence-corrected chi connectivity index (χ0v) is 8.33. The van der Waals surface area contributed by atoms with Gasteiger partial charge in [-0.2, -0.15) is 0 Å². The van der Waals surface area contributed by atoms with E-state index in [0.717, 1.165) is 17.2 Å². The van der Waals surface area contributed by atoms with Gasteiger partial charge in [0.05, 0.1) is 6.20 Å². The quantitative estimate of drug-likeness (QED) is 0.614. The summed E-state index contributed by atoms with van der Waals surface area (Å²) in [6.45, 7) is 7.19. The van der Waals surface area contributed by atoms with Crippen molar-refractivity contribution in [2.75, 3.05) is 13.2 Å². The van der Waals surface area contributed by atoms with Crippen molar-refractivity contribution in [2.24, 2.45) is 0 Å². The first-order valence-corrected chi connectivity index (χ1v) is 4.58. The summed E-state index contributed by atoms with van der Waals surface area (Å²) < 4.78 is 10.6. The number of ether oxygens (including phenoxy) is 2. The number of hydrogen-bond donors (Lipinski definition) is 0. The van der Waals surface area contributed by atoms with Crippen molar-refractivity contribution in [3.05, 3.63) is 18.0 Å². The molecule has 0 aliphatic carbocycles. The molecule has 0 N–H and O–H groups in total. The predicted molar refractivity (Wildman–Crippen MR) is 51.3 cm³/mol. The van der Waals surface area contributed by atoms with Crippen LogP contribution < -0.4 is 9.47 Å². The van der Waals surface area contributed by atoms with E-state index in [9.17, 15) is 0 Å². The van der Waals surface area contributed by atoms with Crippen molar-refractivity contribution in [1.29, 1.82) is 0 Å². The van der Waals surface area contributed by atoms with E-state index in [1.807, 2.05) is 26.8 Å². The highest BCUT2D eigenvalue weighted by atomic mass is 16.6. The average molecular weight is 181 g/mol. The first kappa shape index (κ1) is 9.84. The van der Waals surface area contributed by atoms with E-state index in [2.05, 4.69) is 4.98 Å². The first-order valence-electron chi connectivity index (χ1n) is 4.58. The van der Waals surface area contributed by atoms with E-state index < -0.39 is 0 Å². The summed E-state index contributed by atoms with van der Waals surface area (Å²) in [5.41, 5.74) is 0.953. The Morgan fingerprint density at radius 2 is 1.77 bits per heavy atom. The fourth-order valence-electron chi connectivity index (χ4n) is 1.05. The summed E-state index contributed by atoms with van der Waals surface area (Å²) in [4.78, 5) is 4.09. The maximum Gasteiger partial charge on any atom is 0.179 e. The van der Waals surface area contributed by atoms with Gasteiger partial charge in [0.2, 0.25) is 0 Å². The summed E-state index contributed by atoms with van der Waals surface area (Å²) in [7, 11) is 0. The molecule has 0 spiro atoms. The lowest BCUT2D eigenvalue weighted by molar-refractivity contribution is 0.170. The predicted octanol–water partition coefficient (Wildman–Crippen LogP) is 2.19. The van der Waals surface area contributed by atoms with Crippen LogP contribution in [0.15, 0.2) is 12.3 Å². The fraction of sp³-hybridized carbons (Fsp3) is 0.500. The van der Waals surface area contributed by atoms with Gasteiger partial charge in [0.1, 0.15) is 13.2 Å². The van der Waals surface area contributed by atoms with Gasteiger partial charge < -0.3 is 9.47 Å². The Morgan fingerprint density at radius 3 is 2.46 bits per heavy atom. The van der Waals surface area contributed by atoms with E-state index >= 15 is 0 Å². The Labute approximate surface area is 78.7 Å². The van der Waals surface area contributed by atoms with E-state index in [1.165, 1.54) is 0 Å². The molecule has 0 saturated carbocycles. The first-order chi connectivity index (χ1) is 6.36. The molecule has 3 heteroatoms. The lowest BCUT2D eigenvalue weighted by Gasteiger charge is -2.17. The third kappa shape index (κ3) is 2.34. The molecule has 13 heavy (non-hydrogen) atoms. The van der Waals surface area contributed by atoms with Gasteiger partial charge in [0.15, 0.2) is 11.5 Å². The molecule has 0 radical (unpaired) electrons. The zero-order chi connectivity index (χ0) is 9.68. The number of pyridine rings is 1. The van der Waals surface area contributed by atoms with Crippen LogP contribution >= 0.6 is 0 Å². The molecule has 0 bridgehead atoms. The Bertz CT molecular complexity index is 274. The molecule has 0 fully saturated rings.